The molecule has 0 N–H and O–H groups in total. The van der Waals surface area contributed by atoms with Gasteiger partial charge in [0.1, 0.15) is 16.4 Å². The average Bonchev–Trinajstić information content (AvgIpc) is 2.55. The van der Waals surface area contributed by atoms with Crippen molar-refractivity contribution in [1.29, 1.82) is 0 Å². The van der Waals surface area contributed by atoms with E-state index in [0.717, 1.165) is 5.56 Å². The Morgan fingerprint density at radius 2 is 1.90 bits per heavy atom. The van der Waals surface area contributed by atoms with Crippen LogP contribution < -0.4 is 4.74 Å². The summed E-state index contributed by atoms with van der Waals surface area (Å²) in [4.78, 5) is 4.21. The average molecular weight is 291 g/mol. The van der Waals surface area contributed by atoms with Gasteiger partial charge in [0.15, 0.2) is 9.84 Å². The normalized spacial score (nSPS) is 14.8. The minimum absolute atomic E-state index is 0.0543. The first kappa shape index (κ1) is 14.5. The number of fused-ring (bicyclic) bond motifs is 2. The molecular weight excluding hydrogens is 274 g/mol. The van der Waals surface area contributed by atoms with Crippen molar-refractivity contribution in [2.45, 2.75) is 31.4 Å². The molecule has 0 amide bonds. The lowest BCUT2D eigenvalue weighted by atomic mass is 10.2. The third kappa shape index (κ3) is 2.67. The molecule has 0 saturated heterocycles. The second-order valence-corrected chi connectivity index (χ2v) is 6.25. The zero-order valence-electron chi connectivity index (χ0n) is 11.8. The Balaban J connectivity index is 0.000000704. The van der Waals surface area contributed by atoms with Gasteiger partial charge in [-0.15, -0.1) is 0 Å². The largest absolute Gasteiger partial charge is 0.454 e. The molecule has 0 spiro atoms. The summed E-state index contributed by atoms with van der Waals surface area (Å²) in [5.41, 5.74) is 1.53. The third-order valence-electron chi connectivity index (χ3n) is 2.87. The lowest BCUT2D eigenvalue weighted by molar-refractivity contribution is 0.466. The molecule has 4 nitrogen and oxygen atoms in total. The minimum atomic E-state index is -3.37. The van der Waals surface area contributed by atoms with Crippen LogP contribution in [0.4, 0.5) is 0 Å². The summed E-state index contributed by atoms with van der Waals surface area (Å²) in [5.74, 6) is 0.817. The van der Waals surface area contributed by atoms with Gasteiger partial charge in [0.2, 0.25) is 0 Å². The van der Waals surface area contributed by atoms with Crippen molar-refractivity contribution in [1.82, 2.24) is 4.98 Å². The maximum atomic E-state index is 12.3. The fourth-order valence-electron chi connectivity index (χ4n) is 1.96. The number of sulfone groups is 1. The van der Waals surface area contributed by atoms with Crippen molar-refractivity contribution in [3.8, 4) is 11.5 Å². The van der Waals surface area contributed by atoms with Gasteiger partial charge in [0, 0.05) is 11.8 Å². The van der Waals surface area contributed by atoms with Crippen molar-refractivity contribution >= 4 is 9.84 Å². The van der Waals surface area contributed by atoms with Crippen LogP contribution >= 0.6 is 0 Å². The molecule has 3 rings (SSSR count). The Labute approximate surface area is 119 Å². The van der Waals surface area contributed by atoms with E-state index in [9.17, 15) is 8.42 Å². The Morgan fingerprint density at radius 1 is 1.15 bits per heavy atom. The summed E-state index contributed by atoms with van der Waals surface area (Å²) in [6.45, 7) is 5.86. The highest BCUT2D eigenvalue weighted by atomic mass is 32.2. The van der Waals surface area contributed by atoms with Gasteiger partial charge >= 0.3 is 0 Å². The molecule has 1 aliphatic rings. The maximum Gasteiger partial charge on any atom is 0.186 e. The van der Waals surface area contributed by atoms with Crippen LogP contribution in [0.2, 0.25) is 0 Å². The number of aromatic nitrogens is 1. The SMILES string of the molecule is CC.Cc1ccc2c(c1)S(=O)(=O)Cc1ccncc1O2. The van der Waals surface area contributed by atoms with Crippen molar-refractivity contribution in [3.05, 3.63) is 47.8 Å². The Morgan fingerprint density at radius 3 is 2.65 bits per heavy atom. The van der Waals surface area contributed by atoms with Gasteiger partial charge in [-0.2, -0.15) is 0 Å². The molecule has 0 aliphatic carbocycles. The zero-order valence-corrected chi connectivity index (χ0v) is 12.6. The maximum absolute atomic E-state index is 12.3. The van der Waals surface area contributed by atoms with E-state index in [1.807, 2.05) is 26.8 Å². The summed E-state index contributed by atoms with van der Waals surface area (Å²) < 4.78 is 30.3. The van der Waals surface area contributed by atoms with Gasteiger partial charge in [-0.1, -0.05) is 19.9 Å². The molecule has 0 bridgehead atoms. The minimum Gasteiger partial charge on any atom is -0.454 e. The smallest absolute Gasteiger partial charge is 0.186 e. The lowest BCUT2D eigenvalue weighted by Gasteiger charge is -2.07. The molecule has 2 heterocycles. The Kier molecular flexibility index (Phi) is 4.09. The van der Waals surface area contributed by atoms with Gasteiger partial charge in [0.05, 0.1) is 11.9 Å². The molecule has 1 aliphatic heterocycles. The molecular formula is C15H17NO3S. The van der Waals surface area contributed by atoms with Gasteiger partial charge in [-0.25, -0.2) is 8.42 Å². The number of rotatable bonds is 0. The predicted octanol–water partition coefficient (Wildman–Crippen LogP) is 3.50. The molecule has 5 heteroatoms. The first-order valence-corrected chi connectivity index (χ1v) is 8.16. The molecule has 0 radical (unpaired) electrons. The lowest BCUT2D eigenvalue weighted by Crippen LogP contribution is -2.03. The zero-order chi connectivity index (χ0) is 14.8. The standard InChI is InChI=1S/C13H11NO3S.C2H6/c1-9-2-3-11-13(6-9)18(15,16)8-10-4-5-14-7-12(10)17-11;1-2/h2-7H,8H2,1H3;1-2H3. The van der Waals surface area contributed by atoms with Crippen molar-refractivity contribution in [2.24, 2.45) is 0 Å². The number of hydrogen-bond acceptors (Lipinski definition) is 4. The van der Waals surface area contributed by atoms with Crippen LogP contribution in [0.5, 0.6) is 11.5 Å². The van der Waals surface area contributed by atoms with Crippen LogP contribution in [0.3, 0.4) is 0 Å². The van der Waals surface area contributed by atoms with E-state index in [1.54, 1.807) is 30.6 Å². The first-order valence-electron chi connectivity index (χ1n) is 6.50. The van der Waals surface area contributed by atoms with E-state index >= 15 is 0 Å². The highest BCUT2D eigenvalue weighted by Crippen LogP contribution is 2.37. The number of benzene rings is 1. The van der Waals surface area contributed by atoms with Gasteiger partial charge in [-0.3, -0.25) is 4.98 Å². The molecule has 106 valence electrons. The van der Waals surface area contributed by atoms with E-state index in [1.165, 1.54) is 0 Å². The van der Waals surface area contributed by atoms with Gasteiger partial charge < -0.3 is 4.74 Å². The summed E-state index contributed by atoms with van der Waals surface area (Å²) in [7, 11) is -3.37. The van der Waals surface area contributed by atoms with E-state index in [2.05, 4.69) is 4.98 Å². The molecule has 1 aromatic heterocycles. The molecule has 0 saturated carbocycles. The summed E-state index contributed by atoms with van der Waals surface area (Å²) in [6, 6.07) is 6.83. The highest BCUT2D eigenvalue weighted by Gasteiger charge is 2.26. The Hall–Kier alpha value is -1.88. The monoisotopic (exact) mass is 291 g/mol. The molecule has 0 fully saturated rings. The number of aryl methyl sites for hydroxylation is 1. The highest BCUT2D eigenvalue weighted by molar-refractivity contribution is 7.90. The van der Waals surface area contributed by atoms with Crippen LogP contribution in [0.15, 0.2) is 41.6 Å². The Bertz CT molecular complexity index is 724. The number of pyridine rings is 1. The molecule has 20 heavy (non-hydrogen) atoms. The second kappa shape index (κ2) is 5.63. The van der Waals surface area contributed by atoms with Crippen LogP contribution in [-0.2, 0) is 15.6 Å². The molecule has 0 atom stereocenters. The third-order valence-corrected chi connectivity index (χ3v) is 4.55. The quantitative estimate of drug-likeness (QED) is 0.745. The van der Waals surface area contributed by atoms with Crippen molar-refractivity contribution < 1.29 is 13.2 Å². The number of ether oxygens (including phenoxy) is 1. The van der Waals surface area contributed by atoms with E-state index in [0.29, 0.717) is 17.1 Å². The summed E-state index contributed by atoms with van der Waals surface area (Å²) in [6.07, 6.45) is 3.11. The van der Waals surface area contributed by atoms with Gasteiger partial charge in [-0.05, 0) is 30.7 Å². The first-order chi connectivity index (χ1) is 9.56. The summed E-state index contributed by atoms with van der Waals surface area (Å²) in [5, 5.41) is 0. The van der Waals surface area contributed by atoms with Crippen LogP contribution in [0, 0.1) is 6.92 Å². The molecule has 0 unspecified atom stereocenters. The van der Waals surface area contributed by atoms with Crippen molar-refractivity contribution in [3.63, 3.8) is 0 Å². The molecule has 2 aromatic rings. The van der Waals surface area contributed by atoms with Crippen LogP contribution in [0.1, 0.15) is 25.0 Å². The van der Waals surface area contributed by atoms with E-state index < -0.39 is 9.84 Å². The topological polar surface area (TPSA) is 56.3 Å². The van der Waals surface area contributed by atoms with E-state index in [-0.39, 0.29) is 10.6 Å². The second-order valence-electron chi connectivity index (χ2n) is 4.29. The predicted molar refractivity (Wildman–Crippen MR) is 77.7 cm³/mol. The van der Waals surface area contributed by atoms with E-state index in [4.69, 9.17) is 4.74 Å². The van der Waals surface area contributed by atoms with Crippen LogP contribution in [0.25, 0.3) is 0 Å². The summed E-state index contributed by atoms with van der Waals surface area (Å²) >= 11 is 0. The van der Waals surface area contributed by atoms with Gasteiger partial charge in [0.25, 0.3) is 0 Å². The van der Waals surface area contributed by atoms with Crippen LogP contribution in [-0.4, -0.2) is 13.4 Å². The number of nitrogens with zero attached hydrogens (tertiary/aromatic N) is 1. The van der Waals surface area contributed by atoms with Crippen molar-refractivity contribution in [2.75, 3.05) is 0 Å². The fourth-order valence-corrected chi connectivity index (χ4v) is 3.55. The number of hydrogen-bond donors (Lipinski definition) is 0. The molecule has 1 aromatic carbocycles. The fraction of sp³-hybridized carbons (Fsp3) is 0.267.